The molecule has 0 radical (unpaired) electrons. The molecule has 3 aromatic rings. The molecule has 1 aliphatic rings. The van der Waals surface area contributed by atoms with E-state index in [0.29, 0.717) is 29.1 Å². The summed E-state index contributed by atoms with van der Waals surface area (Å²) in [4.78, 5) is 38.3. The third-order valence-electron chi connectivity index (χ3n) is 4.98. The maximum Gasteiger partial charge on any atom is 0.342 e. The van der Waals surface area contributed by atoms with Gasteiger partial charge in [0, 0.05) is 33.2 Å². The van der Waals surface area contributed by atoms with Crippen molar-refractivity contribution < 1.29 is 30.2 Å². The van der Waals surface area contributed by atoms with Crippen molar-refractivity contribution in [1.29, 1.82) is 5.41 Å². The summed E-state index contributed by atoms with van der Waals surface area (Å²) < 4.78 is 10.1. The highest BCUT2D eigenvalue weighted by atomic mass is 16.9. The highest BCUT2D eigenvalue weighted by molar-refractivity contribution is 5.88. The van der Waals surface area contributed by atoms with E-state index < -0.39 is 15.1 Å². The number of morpholine rings is 1. The molecular formula is C16H23N11O9. The van der Waals surface area contributed by atoms with Crippen LogP contribution in [0.3, 0.4) is 0 Å². The van der Waals surface area contributed by atoms with Gasteiger partial charge in [0.15, 0.2) is 11.3 Å². The molecule has 0 aromatic carbocycles. The van der Waals surface area contributed by atoms with E-state index in [1.54, 1.807) is 29.7 Å². The van der Waals surface area contributed by atoms with Crippen molar-refractivity contribution in [1.82, 2.24) is 33.8 Å². The summed E-state index contributed by atoms with van der Waals surface area (Å²) in [6, 6.07) is 0. The average Bonchev–Trinajstić information content (AvgIpc) is 3.33. The molecule has 196 valence electrons. The molecule has 1 aliphatic heterocycles. The van der Waals surface area contributed by atoms with Gasteiger partial charge in [-0.25, -0.2) is 19.2 Å². The van der Waals surface area contributed by atoms with Crippen LogP contribution in [-0.2, 0) is 25.4 Å². The second kappa shape index (κ2) is 12.1. The maximum absolute atomic E-state index is 11.1. The van der Waals surface area contributed by atoms with Crippen LogP contribution in [0.25, 0.3) is 22.6 Å². The molecule has 3 aromatic heterocycles. The number of aryl methyl sites for hydroxylation is 1. The summed E-state index contributed by atoms with van der Waals surface area (Å²) in [5, 5.41) is 52.1. The van der Waals surface area contributed by atoms with Gasteiger partial charge in [0.2, 0.25) is 5.82 Å². The maximum atomic E-state index is 11.1. The zero-order chi connectivity index (χ0) is 27.0. The molecule has 0 saturated carbocycles. The third kappa shape index (κ3) is 6.89. The second-order valence-corrected chi connectivity index (χ2v) is 7.14. The minimum absolute atomic E-state index is 0.135. The van der Waals surface area contributed by atoms with E-state index in [1.165, 1.54) is 10.8 Å². The van der Waals surface area contributed by atoms with Crippen LogP contribution in [0.5, 0.6) is 0 Å². The quantitative estimate of drug-likeness (QED) is 0.279. The second-order valence-electron chi connectivity index (χ2n) is 7.14. The number of nitrogens with one attached hydrogen (secondary N) is 1. The number of aromatic nitrogens is 6. The number of fused-ring (bicyclic) bond motifs is 1. The molecule has 4 heterocycles. The standard InChI is InChI=1S/C16H21N9O3.2HNO3/c1-21-11(25(26)27)9-18-16(21)13-12-14(17)24(10-19-15(12)22(2)20-13)4-3-23-5-7-28-8-6-23;2*2-1(3)4/h9-10,17H,3-8H2,1-2H3;2*(H,2,3,4). The van der Waals surface area contributed by atoms with E-state index >= 15 is 0 Å². The van der Waals surface area contributed by atoms with Crippen molar-refractivity contribution in [2.75, 3.05) is 32.8 Å². The first-order valence-electron chi connectivity index (χ1n) is 10.0. The SMILES string of the molecule is Cn1c([N+](=O)[O-])cnc1-c1nn(C)c2ncn(CCN3CCOCC3)c(=N)c12.O=[N+]([O-])O.O=[N+]([O-])O. The topological polar surface area (TPSA) is 260 Å². The van der Waals surface area contributed by atoms with Crippen molar-refractivity contribution >= 4 is 16.9 Å². The summed E-state index contributed by atoms with van der Waals surface area (Å²) in [6.07, 6.45) is 2.83. The van der Waals surface area contributed by atoms with Gasteiger partial charge >= 0.3 is 5.82 Å². The van der Waals surface area contributed by atoms with Crippen LogP contribution in [0, 0.1) is 35.8 Å². The van der Waals surface area contributed by atoms with Gasteiger partial charge in [-0.3, -0.25) is 10.3 Å². The Morgan fingerprint density at radius 3 is 2.17 bits per heavy atom. The van der Waals surface area contributed by atoms with E-state index in [0.717, 1.165) is 32.8 Å². The van der Waals surface area contributed by atoms with Crippen molar-refractivity contribution in [2.24, 2.45) is 14.1 Å². The molecule has 20 nitrogen and oxygen atoms in total. The minimum Gasteiger partial charge on any atom is -0.379 e. The lowest BCUT2D eigenvalue weighted by molar-refractivity contribution is -0.742. The highest BCUT2D eigenvalue weighted by Gasteiger charge is 2.25. The van der Waals surface area contributed by atoms with Gasteiger partial charge in [-0.15, -0.1) is 20.2 Å². The van der Waals surface area contributed by atoms with Crippen molar-refractivity contribution in [3.8, 4) is 11.5 Å². The van der Waals surface area contributed by atoms with Crippen molar-refractivity contribution in [3.63, 3.8) is 0 Å². The van der Waals surface area contributed by atoms with Crippen LogP contribution in [-0.4, -0.2) is 92.1 Å². The minimum atomic E-state index is -1.50. The lowest BCUT2D eigenvalue weighted by atomic mass is 10.2. The summed E-state index contributed by atoms with van der Waals surface area (Å²) in [6.45, 7) is 4.59. The van der Waals surface area contributed by atoms with Gasteiger partial charge in [0.05, 0.1) is 32.0 Å². The molecular weight excluding hydrogens is 490 g/mol. The fourth-order valence-electron chi connectivity index (χ4n) is 3.40. The van der Waals surface area contributed by atoms with Gasteiger partial charge in [0.1, 0.15) is 11.7 Å². The summed E-state index contributed by atoms with van der Waals surface area (Å²) in [5.74, 6) is 0.197. The Labute approximate surface area is 200 Å². The average molecular weight is 513 g/mol. The van der Waals surface area contributed by atoms with Gasteiger partial charge in [-0.1, -0.05) is 0 Å². The van der Waals surface area contributed by atoms with Gasteiger partial charge < -0.3 is 29.8 Å². The Balaban J connectivity index is 0.000000501. The smallest absolute Gasteiger partial charge is 0.342 e. The lowest BCUT2D eigenvalue weighted by Gasteiger charge is -2.26. The Kier molecular flexibility index (Phi) is 9.27. The molecule has 0 bridgehead atoms. The van der Waals surface area contributed by atoms with E-state index in [2.05, 4.69) is 20.0 Å². The van der Waals surface area contributed by atoms with Crippen molar-refractivity contribution in [3.05, 3.63) is 48.4 Å². The molecule has 1 saturated heterocycles. The molecule has 1 fully saturated rings. The van der Waals surface area contributed by atoms with Crippen LogP contribution in [0.4, 0.5) is 5.82 Å². The van der Waals surface area contributed by atoms with Gasteiger partial charge in [-0.2, -0.15) is 5.10 Å². The predicted octanol–water partition coefficient (Wildman–Crippen LogP) is -0.805. The van der Waals surface area contributed by atoms with E-state index in [9.17, 15) is 10.1 Å². The Hall–Kier alpha value is -4.72. The number of imidazole rings is 1. The van der Waals surface area contributed by atoms with E-state index in [4.69, 9.17) is 40.8 Å². The molecule has 0 unspecified atom stereocenters. The molecule has 0 atom stereocenters. The zero-order valence-electron chi connectivity index (χ0n) is 19.1. The molecule has 0 spiro atoms. The first kappa shape index (κ1) is 27.5. The number of rotatable bonds is 5. The largest absolute Gasteiger partial charge is 0.379 e. The van der Waals surface area contributed by atoms with Crippen LogP contribution in [0.15, 0.2) is 12.5 Å². The summed E-state index contributed by atoms with van der Waals surface area (Å²) in [5.41, 5.74) is 1.20. The number of nitro groups is 1. The molecule has 0 aliphatic carbocycles. The Morgan fingerprint density at radius 1 is 1.06 bits per heavy atom. The number of hydrogen-bond acceptors (Lipinski definition) is 12. The third-order valence-corrected chi connectivity index (χ3v) is 4.98. The molecule has 3 N–H and O–H groups in total. The summed E-state index contributed by atoms with van der Waals surface area (Å²) in [7, 11) is 3.29. The summed E-state index contributed by atoms with van der Waals surface area (Å²) >= 11 is 0. The van der Waals surface area contributed by atoms with Crippen LogP contribution in [0.2, 0.25) is 0 Å². The number of ether oxygens (including phenoxy) is 1. The zero-order valence-corrected chi connectivity index (χ0v) is 19.1. The van der Waals surface area contributed by atoms with Gasteiger partial charge in [-0.05, 0) is 4.92 Å². The first-order valence-corrected chi connectivity index (χ1v) is 10.0. The Morgan fingerprint density at radius 2 is 1.64 bits per heavy atom. The van der Waals surface area contributed by atoms with Crippen molar-refractivity contribution in [2.45, 2.75) is 6.54 Å². The lowest BCUT2D eigenvalue weighted by Crippen LogP contribution is -2.39. The van der Waals surface area contributed by atoms with E-state index in [1.807, 2.05) is 0 Å². The predicted molar refractivity (Wildman–Crippen MR) is 116 cm³/mol. The first-order chi connectivity index (χ1) is 16.9. The molecule has 20 heteroatoms. The number of nitrogens with zero attached hydrogens (tertiary/aromatic N) is 10. The molecule has 36 heavy (non-hydrogen) atoms. The Bertz CT molecular complexity index is 1270. The molecule has 4 rings (SSSR count). The normalized spacial score (nSPS) is 13.3. The highest BCUT2D eigenvalue weighted by Crippen LogP contribution is 2.25. The fourth-order valence-corrected chi connectivity index (χ4v) is 3.40. The molecule has 0 amide bonds. The van der Waals surface area contributed by atoms with Crippen LogP contribution >= 0.6 is 0 Å². The fraction of sp³-hybridized carbons (Fsp3) is 0.500. The van der Waals surface area contributed by atoms with E-state index in [-0.39, 0.29) is 11.3 Å². The van der Waals surface area contributed by atoms with Crippen LogP contribution in [0.1, 0.15) is 0 Å². The number of hydrogen-bond donors (Lipinski definition) is 3. The monoisotopic (exact) mass is 513 g/mol. The van der Waals surface area contributed by atoms with Crippen LogP contribution < -0.4 is 5.49 Å². The van der Waals surface area contributed by atoms with Gasteiger partial charge in [0.25, 0.3) is 10.2 Å².